The van der Waals surface area contributed by atoms with Crippen LogP contribution >= 0.6 is 0 Å². The van der Waals surface area contributed by atoms with Gasteiger partial charge in [-0.05, 0) is 91.7 Å². The highest BCUT2D eigenvalue weighted by molar-refractivity contribution is 5.39. The molecule has 1 aromatic rings. The summed E-state index contributed by atoms with van der Waals surface area (Å²) in [4.78, 5) is 0. The van der Waals surface area contributed by atoms with E-state index in [0.717, 1.165) is 61.7 Å². The average Bonchev–Trinajstić information content (AvgIpc) is 2.89. The summed E-state index contributed by atoms with van der Waals surface area (Å²) in [6.07, 6.45) is 10.7. The van der Waals surface area contributed by atoms with E-state index in [2.05, 4.69) is 37.8 Å². The van der Waals surface area contributed by atoms with Crippen molar-refractivity contribution < 1.29 is 28.1 Å². The number of aryl methyl sites for hydroxylation is 1. The van der Waals surface area contributed by atoms with Crippen molar-refractivity contribution in [3.63, 3.8) is 0 Å². The zero-order valence-electron chi connectivity index (χ0n) is 22.3. The van der Waals surface area contributed by atoms with Crippen molar-refractivity contribution in [2.24, 2.45) is 5.92 Å². The Bertz CT molecular complexity index is 969. The van der Waals surface area contributed by atoms with E-state index in [1.807, 2.05) is 6.08 Å². The van der Waals surface area contributed by atoms with Gasteiger partial charge in [-0.15, -0.1) is 0 Å². The Balaban J connectivity index is 1.64. The summed E-state index contributed by atoms with van der Waals surface area (Å²) in [7, 11) is 1.66. The van der Waals surface area contributed by atoms with Gasteiger partial charge in [-0.2, -0.15) is 8.78 Å². The Hall–Kier alpha value is -2.44. The molecule has 4 nitrogen and oxygen atoms in total. The van der Waals surface area contributed by atoms with Crippen LogP contribution < -0.4 is 0 Å². The standard InChI is InChI=1S/C31H42F2O4/c1-22(21-34)13-14-36-28-18-27(19-29(20-28)37-16-15-35-3)26-11-12-30(23(2)17-26)25-9-7-24(8-10-25)5-4-6-31(32)33/h6,11-12,17-18,20,24-25,27,34H,1,4-5,7-10,13-16,19,21H2,2-3H3. The van der Waals surface area contributed by atoms with Crippen LogP contribution in [-0.2, 0) is 14.2 Å². The Morgan fingerprint density at radius 3 is 2.57 bits per heavy atom. The topological polar surface area (TPSA) is 47.9 Å². The van der Waals surface area contributed by atoms with Crippen LogP contribution in [0.3, 0.4) is 0 Å². The van der Waals surface area contributed by atoms with E-state index in [-0.39, 0.29) is 12.5 Å². The maximum atomic E-state index is 12.3. The van der Waals surface area contributed by atoms with Crippen LogP contribution in [0.4, 0.5) is 8.78 Å². The van der Waals surface area contributed by atoms with Gasteiger partial charge in [0.25, 0.3) is 6.08 Å². The summed E-state index contributed by atoms with van der Waals surface area (Å²) in [5, 5.41) is 9.19. The molecule has 0 saturated heterocycles. The van der Waals surface area contributed by atoms with Gasteiger partial charge in [-0.25, -0.2) is 0 Å². The number of hydrogen-bond donors (Lipinski definition) is 1. The minimum Gasteiger partial charge on any atom is -0.495 e. The lowest BCUT2D eigenvalue weighted by molar-refractivity contribution is 0.103. The van der Waals surface area contributed by atoms with E-state index in [0.29, 0.717) is 44.5 Å². The first-order valence-electron chi connectivity index (χ1n) is 13.5. The molecule has 0 aromatic heterocycles. The van der Waals surface area contributed by atoms with Crippen molar-refractivity contribution in [1.29, 1.82) is 0 Å². The van der Waals surface area contributed by atoms with Gasteiger partial charge in [-0.3, -0.25) is 0 Å². The molecular formula is C31H42F2O4. The number of halogens is 2. The first-order valence-corrected chi connectivity index (χ1v) is 13.5. The van der Waals surface area contributed by atoms with Gasteiger partial charge >= 0.3 is 0 Å². The largest absolute Gasteiger partial charge is 0.495 e. The zero-order valence-corrected chi connectivity index (χ0v) is 22.3. The highest BCUT2D eigenvalue weighted by Crippen LogP contribution is 2.40. The maximum Gasteiger partial charge on any atom is 0.266 e. The fourth-order valence-corrected chi connectivity index (χ4v) is 5.37. The lowest BCUT2D eigenvalue weighted by Gasteiger charge is -2.30. The van der Waals surface area contributed by atoms with Crippen molar-refractivity contribution in [2.75, 3.05) is 33.5 Å². The quantitative estimate of drug-likeness (QED) is 0.203. The predicted octanol–water partition coefficient (Wildman–Crippen LogP) is 7.70. The second kappa shape index (κ2) is 15.1. The van der Waals surface area contributed by atoms with E-state index >= 15 is 0 Å². The average molecular weight is 517 g/mol. The molecule has 2 aliphatic carbocycles. The molecule has 6 heteroatoms. The molecule has 3 rings (SSSR count). The highest BCUT2D eigenvalue weighted by Gasteiger charge is 2.25. The second-order valence-corrected chi connectivity index (χ2v) is 10.2. The lowest BCUT2D eigenvalue weighted by atomic mass is 9.75. The molecule has 1 N–H and O–H groups in total. The van der Waals surface area contributed by atoms with Crippen molar-refractivity contribution in [2.45, 2.75) is 70.1 Å². The monoisotopic (exact) mass is 516 g/mol. The molecule has 37 heavy (non-hydrogen) atoms. The molecule has 2 aliphatic rings. The van der Waals surface area contributed by atoms with Crippen LogP contribution in [0.15, 0.2) is 66.2 Å². The SMILES string of the molecule is C=C(CO)CCOC1=CC(c2ccc(C3CCC(CCC=C(F)F)CC3)c(C)c2)CC(OCCOC)=C1. The van der Waals surface area contributed by atoms with Gasteiger partial charge in [0.2, 0.25) is 0 Å². The van der Waals surface area contributed by atoms with Gasteiger partial charge in [0, 0.05) is 31.9 Å². The van der Waals surface area contributed by atoms with E-state index in [4.69, 9.17) is 14.2 Å². The van der Waals surface area contributed by atoms with Crippen LogP contribution in [0.5, 0.6) is 0 Å². The molecular weight excluding hydrogens is 474 g/mol. The van der Waals surface area contributed by atoms with Crippen LogP contribution in [0.25, 0.3) is 0 Å². The summed E-state index contributed by atoms with van der Waals surface area (Å²) in [5.41, 5.74) is 4.69. The normalized spacial score (nSPS) is 21.6. The number of hydrogen-bond acceptors (Lipinski definition) is 4. The molecule has 204 valence electrons. The third kappa shape index (κ3) is 9.42. The fraction of sp³-hybridized carbons (Fsp3) is 0.548. The summed E-state index contributed by atoms with van der Waals surface area (Å²) < 4.78 is 41.7. The molecule has 0 amide bonds. The minimum absolute atomic E-state index is 0.0317. The number of methoxy groups -OCH3 is 1. The number of rotatable bonds is 14. The van der Waals surface area contributed by atoms with Gasteiger partial charge in [0.1, 0.15) is 18.1 Å². The van der Waals surface area contributed by atoms with Crippen LogP contribution in [0.1, 0.15) is 79.9 Å². The molecule has 1 aromatic carbocycles. The smallest absolute Gasteiger partial charge is 0.266 e. The third-order valence-electron chi connectivity index (χ3n) is 7.49. The Kier molecular flexibility index (Phi) is 11.9. The van der Waals surface area contributed by atoms with Gasteiger partial charge in [0.15, 0.2) is 0 Å². The predicted molar refractivity (Wildman–Crippen MR) is 144 cm³/mol. The molecule has 0 radical (unpaired) electrons. The first-order chi connectivity index (χ1) is 17.9. The molecule has 1 fully saturated rings. The van der Waals surface area contributed by atoms with Gasteiger partial charge < -0.3 is 19.3 Å². The molecule has 0 spiro atoms. The second-order valence-electron chi connectivity index (χ2n) is 10.2. The van der Waals surface area contributed by atoms with Crippen molar-refractivity contribution in [3.05, 3.63) is 82.9 Å². The number of allylic oxidation sites excluding steroid dienone is 4. The van der Waals surface area contributed by atoms with Crippen LogP contribution in [0, 0.1) is 12.8 Å². The van der Waals surface area contributed by atoms with Crippen molar-refractivity contribution in [1.82, 2.24) is 0 Å². The van der Waals surface area contributed by atoms with E-state index < -0.39 is 6.08 Å². The number of benzene rings is 1. The molecule has 0 heterocycles. The van der Waals surface area contributed by atoms with E-state index in [1.165, 1.54) is 16.7 Å². The maximum absolute atomic E-state index is 12.3. The van der Waals surface area contributed by atoms with Gasteiger partial charge in [-0.1, -0.05) is 24.8 Å². The number of aliphatic hydroxyl groups is 1. The molecule has 0 bridgehead atoms. The van der Waals surface area contributed by atoms with E-state index in [9.17, 15) is 13.9 Å². The fourth-order valence-electron chi connectivity index (χ4n) is 5.37. The van der Waals surface area contributed by atoms with Crippen molar-refractivity contribution >= 4 is 0 Å². The lowest BCUT2D eigenvalue weighted by Crippen LogP contribution is -2.14. The molecule has 1 unspecified atom stereocenters. The van der Waals surface area contributed by atoms with Gasteiger partial charge in [0.05, 0.1) is 19.8 Å². The Morgan fingerprint density at radius 1 is 1.11 bits per heavy atom. The minimum atomic E-state index is -1.56. The van der Waals surface area contributed by atoms with Crippen LogP contribution in [-0.4, -0.2) is 38.6 Å². The summed E-state index contributed by atoms with van der Waals surface area (Å²) in [5.74, 6) is 2.88. The van der Waals surface area contributed by atoms with Crippen LogP contribution in [0.2, 0.25) is 0 Å². The highest BCUT2D eigenvalue weighted by atomic mass is 19.3. The molecule has 1 saturated carbocycles. The molecule has 0 aliphatic heterocycles. The summed E-state index contributed by atoms with van der Waals surface area (Å²) in [6, 6.07) is 6.80. The Labute approximate surface area is 220 Å². The summed E-state index contributed by atoms with van der Waals surface area (Å²) >= 11 is 0. The Morgan fingerprint density at radius 2 is 1.89 bits per heavy atom. The zero-order chi connectivity index (χ0) is 26.6. The molecule has 1 atom stereocenters. The third-order valence-corrected chi connectivity index (χ3v) is 7.49. The summed E-state index contributed by atoms with van der Waals surface area (Å²) in [6.45, 7) is 7.46. The van der Waals surface area contributed by atoms with Crippen molar-refractivity contribution in [3.8, 4) is 0 Å². The number of ether oxygens (including phenoxy) is 3. The van der Waals surface area contributed by atoms with E-state index in [1.54, 1.807) is 7.11 Å². The first kappa shape index (κ1) is 29.1. The number of aliphatic hydroxyl groups excluding tert-OH is 1.